The molecule has 78 valence electrons. The normalized spacial score (nSPS) is 12.9. The largest absolute Gasteiger partial charge is 0.393 e. The second-order valence-corrected chi connectivity index (χ2v) is 4.18. The van der Waals surface area contributed by atoms with E-state index in [0.717, 1.165) is 24.8 Å². The van der Waals surface area contributed by atoms with Crippen LogP contribution in [0.1, 0.15) is 25.3 Å². The third-order valence-electron chi connectivity index (χ3n) is 2.23. The summed E-state index contributed by atoms with van der Waals surface area (Å²) in [6, 6.07) is 5.46. The van der Waals surface area contributed by atoms with Gasteiger partial charge in [-0.25, -0.2) is 0 Å². The third-order valence-corrected chi connectivity index (χ3v) is 2.82. The van der Waals surface area contributed by atoms with Gasteiger partial charge in [0.1, 0.15) is 0 Å². The van der Waals surface area contributed by atoms with Crippen LogP contribution in [0.25, 0.3) is 0 Å². The van der Waals surface area contributed by atoms with Crippen LogP contribution < -0.4 is 0 Å². The number of hydrogen-bond donors (Lipinski definition) is 1. The second-order valence-electron chi connectivity index (χ2n) is 3.34. The predicted molar refractivity (Wildman–Crippen MR) is 61.1 cm³/mol. The number of halogens is 2. The molecule has 1 aromatic rings. The van der Waals surface area contributed by atoms with E-state index in [9.17, 15) is 5.11 Å². The van der Waals surface area contributed by atoms with Gasteiger partial charge in [-0.2, -0.15) is 0 Å². The molecule has 1 nitrogen and oxygen atoms in total. The highest BCUT2D eigenvalue weighted by Gasteiger charge is 2.04. The van der Waals surface area contributed by atoms with Crippen LogP contribution in [0.3, 0.4) is 0 Å². The van der Waals surface area contributed by atoms with Crippen molar-refractivity contribution in [1.29, 1.82) is 0 Å². The van der Waals surface area contributed by atoms with Crippen molar-refractivity contribution in [3.05, 3.63) is 33.8 Å². The Hall–Kier alpha value is -0.240. The third kappa shape index (κ3) is 3.49. The summed E-state index contributed by atoms with van der Waals surface area (Å²) in [7, 11) is 0. The number of benzene rings is 1. The zero-order valence-corrected chi connectivity index (χ0v) is 9.65. The first-order valence-corrected chi connectivity index (χ1v) is 5.51. The van der Waals surface area contributed by atoms with Gasteiger partial charge in [0.25, 0.3) is 0 Å². The Bertz CT molecular complexity index is 299. The summed E-state index contributed by atoms with van der Waals surface area (Å²) in [6.45, 7) is 1.97. The topological polar surface area (TPSA) is 20.2 Å². The molecule has 14 heavy (non-hydrogen) atoms. The highest BCUT2D eigenvalue weighted by atomic mass is 35.5. The van der Waals surface area contributed by atoms with Crippen molar-refractivity contribution in [2.24, 2.45) is 0 Å². The number of aliphatic hydroxyl groups is 1. The van der Waals surface area contributed by atoms with Crippen molar-refractivity contribution >= 4 is 23.2 Å². The molecular weight excluding hydrogens is 219 g/mol. The van der Waals surface area contributed by atoms with Crippen LogP contribution in [-0.2, 0) is 6.42 Å². The van der Waals surface area contributed by atoms with Crippen LogP contribution in [-0.4, -0.2) is 11.2 Å². The van der Waals surface area contributed by atoms with Gasteiger partial charge in [0.15, 0.2) is 0 Å². The molecule has 3 heteroatoms. The Morgan fingerprint density at radius 1 is 1.36 bits per heavy atom. The highest BCUT2D eigenvalue weighted by molar-refractivity contribution is 6.35. The van der Waals surface area contributed by atoms with E-state index in [1.807, 2.05) is 19.1 Å². The summed E-state index contributed by atoms with van der Waals surface area (Å²) >= 11 is 11.8. The Labute approximate surface area is 94.7 Å². The molecule has 0 amide bonds. The van der Waals surface area contributed by atoms with Gasteiger partial charge in [0.2, 0.25) is 0 Å². The molecule has 0 bridgehead atoms. The average molecular weight is 233 g/mol. The summed E-state index contributed by atoms with van der Waals surface area (Å²) in [4.78, 5) is 0. The van der Waals surface area contributed by atoms with Crippen LogP contribution >= 0.6 is 23.2 Å². The van der Waals surface area contributed by atoms with E-state index in [-0.39, 0.29) is 6.10 Å². The van der Waals surface area contributed by atoms with E-state index in [2.05, 4.69) is 0 Å². The molecule has 0 spiro atoms. The molecule has 1 N–H and O–H groups in total. The van der Waals surface area contributed by atoms with E-state index in [4.69, 9.17) is 23.2 Å². The van der Waals surface area contributed by atoms with Gasteiger partial charge >= 0.3 is 0 Å². The fraction of sp³-hybridized carbons (Fsp3) is 0.455. The van der Waals surface area contributed by atoms with Crippen molar-refractivity contribution in [2.45, 2.75) is 32.3 Å². The van der Waals surface area contributed by atoms with E-state index >= 15 is 0 Å². The van der Waals surface area contributed by atoms with E-state index < -0.39 is 0 Å². The Balaban J connectivity index is 2.59. The summed E-state index contributed by atoms with van der Waals surface area (Å²) < 4.78 is 0. The molecule has 0 fully saturated rings. The zero-order chi connectivity index (χ0) is 10.6. The fourth-order valence-electron chi connectivity index (χ4n) is 1.25. The molecule has 1 rings (SSSR count). The Morgan fingerprint density at radius 3 is 2.64 bits per heavy atom. The average Bonchev–Trinajstić information content (AvgIpc) is 2.16. The molecule has 1 atom stereocenters. The molecule has 0 aliphatic heterocycles. The quantitative estimate of drug-likeness (QED) is 0.840. The molecule has 0 aliphatic rings. The molecule has 0 aromatic heterocycles. The summed E-state index contributed by atoms with van der Waals surface area (Å²) in [5.41, 5.74) is 1.04. The standard InChI is InChI=1S/C11H14Cl2O/c1-2-10(14)6-4-8-3-5-9(12)7-11(8)13/h3,5,7,10,14H,2,4,6H2,1H3. The monoisotopic (exact) mass is 232 g/mol. The summed E-state index contributed by atoms with van der Waals surface area (Å²) in [5.74, 6) is 0. The van der Waals surface area contributed by atoms with Crippen molar-refractivity contribution in [2.75, 3.05) is 0 Å². The molecule has 0 aliphatic carbocycles. The number of aryl methyl sites for hydroxylation is 1. The molecule has 0 heterocycles. The smallest absolute Gasteiger partial charge is 0.0540 e. The predicted octanol–water partition coefficient (Wildman–Crippen LogP) is 3.70. The lowest BCUT2D eigenvalue weighted by Gasteiger charge is -2.08. The highest BCUT2D eigenvalue weighted by Crippen LogP contribution is 2.22. The SMILES string of the molecule is CCC(O)CCc1ccc(Cl)cc1Cl. The maximum atomic E-state index is 9.40. The maximum Gasteiger partial charge on any atom is 0.0540 e. The number of rotatable bonds is 4. The minimum atomic E-state index is -0.234. The molecule has 0 saturated carbocycles. The lowest BCUT2D eigenvalue weighted by atomic mass is 10.1. The molecule has 0 saturated heterocycles. The van der Waals surface area contributed by atoms with Gasteiger partial charge < -0.3 is 5.11 Å². The van der Waals surface area contributed by atoms with Gasteiger partial charge in [0.05, 0.1) is 6.10 Å². The van der Waals surface area contributed by atoms with Crippen molar-refractivity contribution in [3.8, 4) is 0 Å². The first-order chi connectivity index (χ1) is 6.63. The zero-order valence-electron chi connectivity index (χ0n) is 8.13. The molecule has 0 radical (unpaired) electrons. The van der Waals surface area contributed by atoms with Crippen LogP contribution in [0, 0.1) is 0 Å². The van der Waals surface area contributed by atoms with Crippen LogP contribution in [0.5, 0.6) is 0 Å². The van der Waals surface area contributed by atoms with Gasteiger partial charge in [-0.15, -0.1) is 0 Å². The Morgan fingerprint density at radius 2 is 2.07 bits per heavy atom. The van der Waals surface area contributed by atoms with Crippen LogP contribution in [0.15, 0.2) is 18.2 Å². The lowest BCUT2D eigenvalue weighted by molar-refractivity contribution is 0.160. The number of hydrogen-bond acceptors (Lipinski definition) is 1. The number of aliphatic hydroxyl groups excluding tert-OH is 1. The van der Waals surface area contributed by atoms with E-state index in [1.54, 1.807) is 6.07 Å². The van der Waals surface area contributed by atoms with E-state index in [0.29, 0.717) is 10.0 Å². The fourth-order valence-corrected chi connectivity index (χ4v) is 1.75. The van der Waals surface area contributed by atoms with Crippen molar-refractivity contribution in [1.82, 2.24) is 0 Å². The van der Waals surface area contributed by atoms with Gasteiger partial charge in [0, 0.05) is 10.0 Å². The minimum absolute atomic E-state index is 0.234. The first kappa shape index (κ1) is 11.8. The van der Waals surface area contributed by atoms with Crippen LogP contribution in [0.2, 0.25) is 10.0 Å². The van der Waals surface area contributed by atoms with Gasteiger partial charge in [-0.3, -0.25) is 0 Å². The van der Waals surface area contributed by atoms with Gasteiger partial charge in [-0.05, 0) is 37.0 Å². The minimum Gasteiger partial charge on any atom is -0.393 e. The summed E-state index contributed by atoms with van der Waals surface area (Å²) in [5, 5.41) is 10.7. The van der Waals surface area contributed by atoms with Crippen LogP contribution in [0.4, 0.5) is 0 Å². The van der Waals surface area contributed by atoms with E-state index in [1.165, 1.54) is 0 Å². The maximum absolute atomic E-state index is 9.40. The first-order valence-electron chi connectivity index (χ1n) is 4.75. The van der Waals surface area contributed by atoms with Gasteiger partial charge in [-0.1, -0.05) is 36.2 Å². The Kier molecular flexibility index (Phi) is 4.73. The second kappa shape index (κ2) is 5.59. The van der Waals surface area contributed by atoms with Crippen molar-refractivity contribution < 1.29 is 5.11 Å². The van der Waals surface area contributed by atoms with Crippen molar-refractivity contribution in [3.63, 3.8) is 0 Å². The summed E-state index contributed by atoms with van der Waals surface area (Å²) in [6.07, 6.45) is 2.09. The lowest BCUT2D eigenvalue weighted by Crippen LogP contribution is -2.05. The molecule has 1 aromatic carbocycles. The molecular formula is C11H14Cl2O. The molecule has 1 unspecified atom stereocenters.